The molecule has 3 N–H and O–H groups in total. The summed E-state index contributed by atoms with van der Waals surface area (Å²) in [5, 5.41) is 6.80. The van der Waals surface area contributed by atoms with Gasteiger partial charge in [0.15, 0.2) is 5.11 Å². The Labute approximate surface area is 182 Å². The second-order valence-electron chi connectivity index (χ2n) is 6.88. The second-order valence-corrected chi connectivity index (χ2v) is 8.97. The summed E-state index contributed by atoms with van der Waals surface area (Å²) < 4.78 is 27.2. The van der Waals surface area contributed by atoms with Gasteiger partial charge in [0.05, 0.1) is 10.9 Å². The van der Waals surface area contributed by atoms with Crippen LogP contribution < -0.4 is 15.4 Å². The van der Waals surface area contributed by atoms with Gasteiger partial charge in [0.2, 0.25) is 5.95 Å². The zero-order chi connectivity index (χ0) is 21.7. The Kier molecular flexibility index (Phi) is 6.63. The van der Waals surface area contributed by atoms with E-state index in [1.807, 2.05) is 6.92 Å². The molecule has 2 aromatic carbocycles. The number of benzene rings is 2. The molecule has 3 rings (SSSR count). The molecule has 7 nitrogen and oxygen atoms in total. The van der Waals surface area contributed by atoms with E-state index in [-0.39, 0.29) is 16.9 Å². The molecule has 1 aromatic heterocycles. The fraction of sp³-hybridized carbons (Fsp3) is 0.190. The van der Waals surface area contributed by atoms with Crippen molar-refractivity contribution >= 4 is 39.0 Å². The number of thiocarbonyl (C=S) groups is 1. The molecular formula is C21H23N5O2S2. The smallest absolute Gasteiger partial charge is 0.264 e. The minimum absolute atomic E-state index is 0.0190. The standard InChI is InChI=1S/C21H23N5O2S2/c1-14-5-6-15(2)19(13-14)16(3)24-21(29)25-17-7-9-18(10-8-17)30(27,28)26-20-22-11-4-12-23-20/h4-13,16H,1-3H3,(H,22,23,26)(H2,24,25,29). The molecule has 0 spiro atoms. The first-order chi connectivity index (χ1) is 14.2. The maximum atomic E-state index is 12.4. The predicted octanol–water partition coefficient (Wildman–Crippen LogP) is 3.94. The highest BCUT2D eigenvalue weighted by Crippen LogP contribution is 2.20. The van der Waals surface area contributed by atoms with Crippen LogP contribution in [-0.4, -0.2) is 23.5 Å². The number of nitrogens with one attached hydrogen (secondary N) is 3. The number of anilines is 2. The minimum Gasteiger partial charge on any atom is -0.356 e. The zero-order valence-corrected chi connectivity index (χ0v) is 18.5. The van der Waals surface area contributed by atoms with Crippen LogP contribution in [0.5, 0.6) is 0 Å². The molecule has 0 bridgehead atoms. The topological polar surface area (TPSA) is 96.0 Å². The Balaban J connectivity index is 1.63. The van der Waals surface area contributed by atoms with Crippen LogP contribution in [0.25, 0.3) is 0 Å². The average molecular weight is 442 g/mol. The van der Waals surface area contributed by atoms with E-state index in [9.17, 15) is 8.42 Å². The van der Waals surface area contributed by atoms with Gasteiger partial charge in [0.25, 0.3) is 10.0 Å². The van der Waals surface area contributed by atoms with E-state index in [4.69, 9.17) is 12.2 Å². The largest absolute Gasteiger partial charge is 0.356 e. The molecule has 1 unspecified atom stereocenters. The van der Waals surface area contributed by atoms with Gasteiger partial charge < -0.3 is 10.6 Å². The van der Waals surface area contributed by atoms with Gasteiger partial charge in [-0.15, -0.1) is 0 Å². The number of rotatable bonds is 6. The van der Waals surface area contributed by atoms with Crippen molar-refractivity contribution in [3.8, 4) is 0 Å². The van der Waals surface area contributed by atoms with Crippen molar-refractivity contribution < 1.29 is 8.42 Å². The van der Waals surface area contributed by atoms with Gasteiger partial charge >= 0.3 is 0 Å². The third-order valence-electron chi connectivity index (χ3n) is 4.46. The SMILES string of the molecule is Cc1ccc(C)c(C(C)NC(=S)Nc2ccc(S(=O)(=O)Nc3ncccn3)cc2)c1. The Hall–Kier alpha value is -3.04. The fourth-order valence-electron chi connectivity index (χ4n) is 2.92. The highest BCUT2D eigenvalue weighted by atomic mass is 32.2. The molecule has 0 aliphatic rings. The van der Waals surface area contributed by atoms with Gasteiger partial charge in [-0.25, -0.2) is 23.1 Å². The van der Waals surface area contributed by atoms with Crippen LogP contribution in [0.15, 0.2) is 65.8 Å². The van der Waals surface area contributed by atoms with Crippen LogP contribution in [-0.2, 0) is 10.0 Å². The van der Waals surface area contributed by atoms with Crippen LogP contribution >= 0.6 is 12.2 Å². The minimum atomic E-state index is -3.77. The van der Waals surface area contributed by atoms with Crippen molar-refractivity contribution in [1.82, 2.24) is 15.3 Å². The van der Waals surface area contributed by atoms with Crippen molar-refractivity contribution in [2.45, 2.75) is 31.7 Å². The van der Waals surface area contributed by atoms with Crippen molar-refractivity contribution in [3.63, 3.8) is 0 Å². The third kappa shape index (κ3) is 5.52. The second kappa shape index (κ2) is 9.19. The van der Waals surface area contributed by atoms with Crippen LogP contribution in [0.1, 0.15) is 29.7 Å². The van der Waals surface area contributed by atoms with E-state index < -0.39 is 10.0 Å². The monoisotopic (exact) mass is 441 g/mol. The first-order valence-corrected chi connectivity index (χ1v) is 11.2. The van der Waals surface area contributed by atoms with Crippen molar-refractivity contribution in [3.05, 3.63) is 77.6 Å². The molecule has 0 saturated carbocycles. The van der Waals surface area contributed by atoms with E-state index in [1.54, 1.807) is 18.2 Å². The molecule has 1 heterocycles. The highest BCUT2D eigenvalue weighted by molar-refractivity contribution is 7.92. The highest BCUT2D eigenvalue weighted by Gasteiger charge is 2.16. The van der Waals surface area contributed by atoms with Gasteiger partial charge in [0.1, 0.15) is 0 Å². The lowest BCUT2D eigenvalue weighted by atomic mass is 10.0. The lowest BCUT2D eigenvalue weighted by Gasteiger charge is -2.20. The molecule has 156 valence electrons. The summed E-state index contributed by atoms with van der Waals surface area (Å²) in [7, 11) is -3.77. The molecule has 9 heteroatoms. The van der Waals surface area contributed by atoms with Gasteiger partial charge in [-0.1, -0.05) is 23.8 Å². The molecule has 0 radical (unpaired) electrons. The van der Waals surface area contributed by atoms with Gasteiger partial charge in [-0.05, 0) is 74.4 Å². The molecule has 3 aromatic rings. The molecule has 0 fully saturated rings. The molecule has 0 amide bonds. The predicted molar refractivity (Wildman–Crippen MR) is 123 cm³/mol. The van der Waals surface area contributed by atoms with E-state index >= 15 is 0 Å². The summed E-state index contributed by atoms with van der Waals surface area (Å²) in [5.74, 6) is 0.0190. The maximum Gasteiger partial charge on any atom is 0.264 e. The third-order valence-corrected chi connectivity index (χ3v) is 6.03. The molecule has 1 atom stereocenters. The number of aryl methyl sites for hydroxylation is 2. The van der Waals surface area contributed by atoms with E-state index in [2.05, 4.69) is 57.4 Å². The first-order valence-electron chi connectivity index (χ1n) is 9.29. The van der Waals surface area contributed by atoms with Crippen molar-refractivity contribution in [2.75, 3.05) is 10.0 Å². The molecule has 0 aliphatic heterocycles. The molecule has 30 heavy (non-hydrogen) atoms. The summed E-state index contributed by atoms with van der Waals surface area (Å²) in [4.78, 5) is 7.84. The number of aromatic nitrogens is 2. The first kappa shape index (κ1) is 21.7. The number of hydrogen-bond donors (Lipinski definition) is 3. The molecule has 0 saturated heterocycles. The van der Waals surface area contributed by atoms with Gasteiger partial charge in [0, 0.05) is 18.1 Å². The van der Waals surface area contributed by atoms with E-state index in [1.165, 1.54) is 41.2 Å². The van der Waals surface area contributed by atoms with Crippen LogP contribution in [0.4, 0.5) is 11.6 Å². The Morgan fingerprint density at radius 1 is 1.03 bits per heavy atom. The maximum absolute atomic E-state index is 12.4. The summed E-state index contributed by atoms with van der Waals surface area (Å²) >= 11 is 5.41. The summed E-state index contributed by atoms with van der Waals surface area (Å²) in [6.07, 6.45) is 2.93. The van der Waals surface area contributed by atoms with E-state index in [0.717, 1.165) is 0 Å². The lowest BCUT2D eigenvalue weighted by Crippen LogP contribution is -2.31. The summed E-state index contributed by atoms with van der Waals surface area (Å²) in [6.45, 7) is 6.17. The molecular weight excluding hydrogens is 418 g/mol. The number of nitrogens with zero attached hydrogens (tertiary/aromatic N) is 2. The quantitative estimate of drug-likeness (QED) is 0.499. The Morgan fingerprint density at radius 3 is 2.37 bits per heavy atom. The van der Waals surface area contributed by atoms with E-state index in [0.29, 0.717) is 10.8 Å². The van der Waals surface area contributed by atoms with Crippen LogP contribution in [0, 0.1) is 13.8 Å². The lowest BCUT2D eigenvalue weighted by molar-refractivity contribution is 0.601. The average Bonchev–Trinajstić information content (AvgIpc) is 2.70. The Morgan fingerprint density at radius 2 is 1.70 bits per heavy atom. The van der Waals surface area contributed by atoms with Crippen LogP contribution in [0.3, 0.4) is 0 Å². The summed E-state index contributed by atoms with van der Waals surface area (Å²) in [6, 6.07) is 14.2. The molecule has 0 aliphatic carbocycles. The van der Waals surface area contributed by atoms with Crippen molar-refractivity contribution in [2.24, 2.45) is 0 Å². The number of sulfonamides is 1. The fourth-order valence-corrected chi connectivity index (χ4v) is 4.17. The van der Waals surface area contributed by atoms with Crippen LogP contribution in [0.2, 0.25) is 0 Å². The zero-order valence-electron chi connectivity index (χ0n) is 16.9. The normalized spacial score (nSPS) is 12.1. The van der Waals surface area contributed by atoms with Crippen molar-refractivity contribution in [1.29, 1.82) is 0 Å². The Bertz CT molecular complexity index is 1130. The van der Waals surface area contributed by atoms with Gasteiger partial charge in [-0.2, -0.15) is 0 Å². The summed E-state index contributed by atoms with van der Waals surface area (Å²) in [5.41, 5.74) is 4.23. The van der Waals surface area contributed by atoms with Gasteiger partial charge in [-0.3, -0.25) is 0 Å². The number of hydrogen-bond acceptors (Lipinski definition) is 5.